The molecule has 0 aliphatic heterocycles. The first-order valence-corrected chi connectivity index (χ1v) is 9.76. The molecule has 2 N–H and O–H groups in total. The zero-order chi connectivity index (χ0) is 22.0. The number of anilines is 1. The molecule has 1 aliphatic rings. The SMILES string of the molecule is CNC(=O)c1cc(-c2ccc(NC[C@]3(c4ncccc4F)C[C@H](F)C3)nn2)ccc1F. The van der Waals surface area contributed by atoms with E-state index in [1.165, 1.54) is 43.6 Å². The van der Waals surface area contributed by atoms with E-state index in [4.69, 9.17) is 0 Å². The fourth-order valence-corrected chi connectivity index (χ4v) is 3.82. The van der Waals surface area contributed by atoms with Crippen molar-refractivity contribution in [1.29, 1.82) is 0 Å². The van der Waals surface area contributed by atoms with E-state index in [1.54, 1.807) is 12.1 Å². The Bertz CT molecular complexity index is 1100. The van der Waals surface area contributed by atoms with Crippen LogP contribution in [0.25, 0.3) is 11.3 Å². The molecule has 0 atom stereocenters. The molecule has 1 amide bonds. The zero-order valence-corrected chi connectivity index (χ0v) is 16.7. The van der Waals surface area contributed by atoms with Gasteiger partial charge >= 0.3 is 0 Å². The number of nitrogens with one attached hydrogen (secondary N) is 2. The number of halogens is 3. The van der Waals surface area contributed by atoms with Crippen molar-refractivity contribution in [3.8, 4) is 11.3 Å². The Kier molecular flexibility index (Phi) is 5.58. The number of rotatable bonds is 6. The fourth-order valence-electron chi connectivity index (χ4n) is 3.82. The van der Waals surface area contributed by atoms with E-state index in [2.05, 4.69) is 25.8 Å². The van der Waals surface area contributed by atoms with Crippen molar-refractivity contribution in [2.24, 2.45) is 0 Å². The number of nitrogens with zero attached hydrogens (tertiary/aromatic N) is 3. The lowest BCUT2D eigenvalue weighted by atomic mass is 9.65. The van der Waals surface area contributed by atoms with Gasteiger partial charge in [-0.05, 0) is 55.3 Å². The Labute approximate surface area is 176 Å². The summed E-state index contributed by atoms with van der Waals surface area (Å²) < 4.78 is 41.8. The molecule has 4 rings (SSSR count). The normalized spacial score (nSPS) is 20.1. The first-order chi connectivity index (χ1) is 14.9. The van der Waals surface area contributed by atoms with Gasteiger partial charge in [-0.15, -0.1) is 10.2 Å². The summed E-state index contributed by atoms with van der Waals surface area (Å²) in [6.45, 7) is 0.257. The predicted molar refractivity (Wildman–Crippen MR) is 109 cm³/mol. The minimum absolute atomic E-state index is 0.0888. The maximum atomic E-state index is 14.2. The first-order valence-electron chi connectivity index (χ1n) is 9.76. The zero-order valence-electron chi connectivity index (χ0n) is 16.7. The Morgan fingerprint density at radius 1 is 1.13 bits per heavy atom. The van der Waals surface area contributed by atoms with Crippen LogP contribution < -0.4 is 10.6 Å². The summed E-state index contributed by atoms with van der Waals surface area (Å²) in [6.07, 6.45) is 0.856. The molecule has 1 fully saturated rings. The quantitative estimate of drug-likeness (QED) is 0.628. The maximum Gasteiger partial charge on any atom is 0.254 e. The van der Waals surface area contributed by atoms with Gasteiger partial charge in [-0.1, -0.05) is 0 Å². The number of hydrogen-bond donors (Lipinski definition) is 2. The molecule has 31 heavy (non-hydrogen) atoms. The van der Waals surface area contributed by atoms with Crippen LogP contribution in [0, 0.1) is 11.6 Å². The third-order valence-electron chi connectivity index (χ3n) is 5.49. The summed E-state index contributed by atoms with van der Waals surface area (Å²) >= 11 is 0. The largest absolute Gasteiger partial charge is 0.368 e. The van der Waals surface area contributed by atoms with Crippen LogP contribution in [0.3, 0.4) is 0 Å². The number of alkyl halides is 1. The highest BCUT2D eigenvalue weighted by molar-refractivity contribution is 5.95. The molecule has 0 spiro atoms. The minimum atomic E-state index is -0.996. The minimum Gasteiger partial charge on any atom is -0.368 e. The van der Waals surface area contributed by atoms with Crippen LogP contribution in [0.5, 0.6) is 0 Å². The van der Waals surface area contributed by atoms with E-state index in [0.717, 1.165) is 0 Å². The maximum absolute atomic E-state index is 14.2. The molecule has 2 heterocycles. The Hall–Kier alpha value is -3.49. The standard InChI is InChI=1S/C22H20F3N5O/c1-26-21(31)15-9-13(4-5-16(15)24)18-6-7-19(30-29-18)28-12-22(10-14(23)11-22)20-17(25)3-2-8-27-20/h2-9,14H,10-12H2,1H3,(H,26,31)(H,28,30)/t14-,22-. The predicted octanol–water partition coefficient (Wildman–Crippen LogP) is 3.66. The van der Waals surface area contributed by atoms with Crippen LogP contribution in [-0.4, -0.2) is 40.9 Å². The average molecular weight is 427 g/mol. The lowest BCUT2D eigenvalue weighted by Crippen LogP contribution is -2.49. The molecule has 0 radical (unpaired) electrons. The van der Waals surface area contributed by atoms with E-state index < -0.39 is 29.1 Å². The smallest absolute Gasteiger partial charge is 0.254 e. The van der Waals surface area contributed by atoms with Crippen molar-refractivity contribution in [1.82, 2.24) is 20.5 Å². The summed E-state index contributed by atoms with van der Waals surface area (Å²) in [5.41, 5.74) is 0.395. The number of pyridine rings is 1. The van der Waals surface area contributed by atoms with E-state index in [-0.39, 0.29) is 30.6 Å². The number of amides is 1. The Morgan fingerprint density at radius 2 is 1.94 bits per heavy atom. The van der Waals surface area contributed by atoms with Gasteiger partial charge in [0.1, 0.15) is 23.6 Å². The topological polar surface area (TPSA) is 79.8 Å². The molecule has 0 saturated heterocycles. The van der Waals surface area contributed by atoms with Crippen LogP contribution >= 0.6 is 0 Å². The van der Waals surface area contributed by atoms with Crippen molar-refractivity contribution in [2.45, 2.75) is 24.4 Å². The molecular formula is C22H20F3N5O. The van der Waals surface area contributed by atoms with Gasteiger partial charge < -0.3 is 10.6 Å². The van der Waals surface area contributed by atoms with E-state index in [1.807, 2.05) is 0 Å². The first kappa shape index (κ1) is 20.8. The lowest BCUT2D eigenvalue weighted by molar-refractivity contribution is 0.0956. The van der Waals surface area contributed by atoms with Crippen molar-refractivity contribution in [2.75, 3.05) is 18.9 Å². The van der Waals surface area contributed by atoms with E-state index >= 15 is 0 Å². The molecular weight excluding hydrogens is 407 g/mol. The molecule has 6 nitrogen and oxygen atoms in total. The van der Waals surface area contributed by atoms with Gasteiger partial charge in [0.25, 0.3) is 5.91 Å². The fraction of sp³-hybridized carbons (Fsp3) is 0.273. The van der Waals surface area contributed by atoms with Crippen LogP contribution in [-0.2, 0) is 5.41 Å². The molecule has 3 aromatic rings. The summed E-state index contributed by atoms with van der Waals surface area (Å²) in [6, 6.07) is 10.3. The number of aromatic nitrogens is 3. The number of carbonyl (C=O) groups is 1. The van der Waals surface area contributed by atoms with Crippen molar-refractivity contribution < 1.29 is 18.0 Å². The summed E-state index contributed by atoms with van der Waals surface area (Å²) in [4.78, 5) is 15.9. The van der Waals surface area contributed by atoms with Crippen molar-refractivity contribution >= 4 is 11.7 Å². The molecule has 9 heteroatoms. The molecule has 1 aromatic carbocycles. The Balaban J connectivity index is 1.50. The summed E-state index contributed by atoms with van der Waals surface area (Å²) in [5, 5.41) is 13.7. The van der Waals surface area contributed by atoms with Gasteiger partial charge in [0.15, 0.2) is 0 Å². The summed E-state index contributed by atoms with van der Waals surface area (Å²) in [5.74, 6) is -1.20. The lowest BCUT2D eigenvalue weighted by Gasteiger charge is -2.44. The van der Waals surface area contributed by atoms with Gasteiger partial charge in [0.05, 0.1) is 17.0 Å². The van der Waals surface area contributed by atoms with Gasteiger partial charge in [0.2, 0.25) is 0 Å². The molecule has 0 bridgehead atoms. The second kappa shape index (κ2) is 8.33. The van der Waals surface area contributed by atoms with E-state index in [9.17, 15) is 18.0 Å². The molecule has 160 valence electrons. The number of hydrogen-bond acceptors (Lipinski definition) is 5. The average Bonchev–Trinajstić information content (AvgIpc) is 2.76. The van der Waals surface area contributed by atoms with Crippen molar-refractivity contribution in [3.63, 3.8) is 0 Å². The summed E-state index contributed by atoms with van der Waals surface area (Å²) in [7, 11) is 1.42. The third kappa shape index (κ3) is 4.08. The second-order valence-electron chi connectivity index (χ2n) is 7.55. The van der Waals surface area contributed by atoms with Crippen molar-refractivity contribution in [3.05, 3.63) is 71.6 Å². The molecule has 0 unspecified atom stereocenters. The van der Waals surface area contributed by atoms with Crippen LogP contribution in [0.2, 0.25) is 0 Å². The highest BCUT2D eigenvalue weighted by Crippen LogP contribution is 2.45. The van der Waals surface area contributed by atoms with Crippen LogP contribution in [0.1, 0.15) is 28.9 Å². The van der Waals surface area contributed by atoms with Gasteiger partial charge in [0, 0.05) is 30.8 Å². The number of carbonyl (C=O) groups excluding carboxylic acids is 1. The second-order valence-corrected chi connectivity index (χ2v) is 7.55. The third-order valence-corrected chi connectivity index (χ3v) is 5.49. The molecule has 1 saturated carbocycles. The Morgan fingerprint density at radius 3 is 2.58 bits per heavy atom. The van der Waals surface area contributed by atoms with Gasteiger partial charge in [-0.25, -0.2) is 13.2 Å². The molecule has 1 aliphatic carbocycles. The van der Waals surface area contributed by atoms with Crippen LogP contribution in [0.4, 0.5) is 19.0 Å². The highest BCUT2D eigenvalue weighted by atomic mass is 19.1. The highest BCUT2D eigenvalue weighted by Gasteiger charge is 2.48. The number of benzene rings is 1. The molecule has 2 aromatic heterocycles. The van der Waals surface area contributed by atoms with Crippen LogP contribution in [0.15, 0.2) is 48.7 Å². The van der Waals surface area contributed by atoms with Gasteiger partial charge in [-0.2, -0.15) is 0 Å². The van der Waals surface area contributed by atoms with Gasteiger partial charge in [-0.3, -0.25) is 9.78 Å². The van der Waals surface area contributed by atoms with E-state index in [0.29, 0.717) is 17.1 Å². The monoisotopic (exact) mass is 427 g/mol.